The largest absolute Gasteiger partial charge is 0.319 e. The Morgan fingerprint density at radius 1 is 0.600 bits per heavy atom. The number of hydrogen-bond acceptors (Lipinski definition) is 3. The fourth-order valence-corrected chi connectivity index (χ4v) is 5.85. The fourth-order valence-electron chi connectivity index (χ4n) is 5.04. The summed E-state index contributed by atoms with van der Waals surface area (Å²) >= 11 is 0. The van der Waals surface area contributed by atoms with Crippen LogP contribution in [0.4, 0.5) is 0 Å². The predicted molar refractivity (Wildman–Crippen MR) is 161 cm³/mol. The molecule has 1 heterocycles. The zero-order valence-electron chi connectivity index (χ0n) is 21.7. The van der Waals surface area contributed by atoms with E-state index >= 15 is 0 Å². The van der Waals surface area contributed by atoms with Crippen LogP contribution in [0.15, 0.2) is 144 Å². The maximum atomic E-state index is 12.8. The molecule has 196 valence electrons. The van der Waals surface area contributed by atoms with E-state index in [9.17, 15) is 8.42 Å². The summed E-state index contributed by atoms with van der Waals surface area (Å²) in [5, 5.41) is 5.73. The van der Waals surface area contributed by atoms with Gasteiger partial charge < -0.3 is 4.57 Å². The van der Waals surface area contributed by atoms with Crippen LogP contribution in [0.1, 0.15) is 5.56 Å². The molecular weight excluding hydrogens is 514 g/mol. The van der Waals surface area contributed by atoms with E-state index in [2.05, 4.69) is 28.8 Å². The first-order valence-electron chi connectivity index (χ1n) is 13.0. The number of aromatic nitrogens is 2. The molecule has 0 bridgehead atoms. The molecule has 5 aromatic carbocycles. The van der Waals surface area contributed by atoms with Crippen LogP contribution in [0, 0.1) is 0 Å². The number of rotatable bonds is 7. The van der Waals surface area contributed by atoms with Crippen LogP contribution in [0.25, 0.3) is 45.0 Å². The van der Waals surface area contributed by atoms with Gasteiger partial charge >= 0.3 is 0 Å². The van der Waals surface area contributed by atoms with Gasteiger partial charge in [0.2, 0.25) is 10.0 Å². The van der Waals surface area contributed by atoms with Crippen LogP contribution < -0.4 is 5.14 Å². The van der Waals surface area contributed by atoms with Crippen molar-refractivity contribution in [3.63, 3.8) is 0 Å². The van der Waals surface area contributed by atoms with Crippen LogP contribution >= 0.6 is 0 Å². The van der Waals surface area contributed by atoms with E-state index in [-0.39, 0.29) is 4.90 Å². The summed E-state index contributed by atoms with van der Waals surface area (Å²) in [6.07, 6.45) is 0. The van der Waals surface area contributed by atoms with Gasteiger partial charge in [-0.3, -0.25) is 0 Å². The minimum Gasteiger partial charge on any atom is -0.319 e. The molecule has 0 amide bonds. The van der Waals surface area contributed by atoms with Crippen molar-refractivity contribution < 1.29 is 8.42 Å². The van der Waals surface area contributed by atoms with Gasteiger partial charge in [0, 0.05) is 28.8 Å². The quantitative estimate of drug-likeness (QED) is 0.231. The van der Waals surface area contributed by atoms with Gasteiger partial charge in [-0.15, -0.1) is 0 Å². The monoisotopic (exact) mass is 541 g/mol. The van der Waals surface area contributed by atoms with E-state index in [1.54, 1.807) is 6.07 Å². The SMILES string of the molecule is NS(=O)(=O)c1cc(Cn2c(-c3ccccc3)nc(-c3ccccc3)c2-c2ccccc2)ccc1-c1ccccc1. The van der Waals surface area contributed by atoms with E-state index in [0.29, 0.717) is 12.1 Å². The van der Waals surface area contributed by atoms with E-state index in [4.69, 9.17) is 10.1 Å². The van der Waals surface area contributed by atoms with Crippen molar-refractivity contribution >= 4 is 10.0 Å². The molecule has 0 fully saturated rings. The second-order valence-electron chi connectivity index (χ2n) is 9.56. The highest BCUT2D eigenvalue weighted by Gasteiger charge is 2.22. The lowest BCUT2D eigenvalue weighted by Crippen LogP contribution is -2.14. The highest BCUT2D eigenvalue weighted by Crippen LogP contribution is 2.37. The summed E-state index contributed by atoms with van der Waals surface area (Å²) in [7, 11) is -3.98. The maximum absolute atomic E-state index is 12.8. The van der Waals surface area contributed by atoms with Gasteiger partial charge in [0.15, 0.2) is 0 Å². The highest BCUT2D eigenvalue weighted by atomic mass is 32.2. The molecule has 0 radical (unpaired) electrons. The highest BCUT2D eigenvalue weighted by molar-refractivity contribution is 7.89. The zero-order chi connectivity index (χ0) is 27.5. The van der Waals surface area contributed by atoms with Crippen molar-refractivity contribution in [1.82, 2.24) is 9.55 Å². The summed E-state index contributed by atoms with van der Waals surface area (Å²) in [5.41, 5.74) is 6.97. The van der Waals surface area contributed by atoms with Crippen LogP contribution in [0.5, 0.6) is 0 Å². The van der Waals surface area contributed by atoms with Crippen molar-refractivity contribution in [2.75, 3.05) is 0 Å². The average molecular weight is 542 g/mol. The Morgan fingerprint density at radius 3 is 1.65 bits per heavy atom. The molecule has 2 N–H and O–H groups in total. The normalized spacial score (nSPS) is 11.4. The molecule has 5 nitrogen and oxygen atoms in total. The zero-order valence-corrected chi connectivity index (χ0v) is 22.5. The first-order valence-corrected chi connectivity index (χ1v) is 14.5. The van der Waals surface area contributed by atoms with Crippen molar-refractivity contribution in [3.05, 3.63) is 145 Å². The number of hydrogen-bond donors (Lipinski definition) is 1. The minimum atomic E-state index is -3.98. The molecular formula is C34H27N3O2S. The van der Waals surface area contributed by atoms with Crippen molar-refractivity contribution in [2.24, 2.45) is 5.14 Å². The van der Waals surface area contributed by atoms with Gasteiger partial charge in [-0.25, -0.2) is 18.5 Å². The molecule has 0 spiro atoms. The number of primary sulfonamides is 1. The molecule has 0 saturated carbocycles. The summed E-state index contributed by atoms with van der Waals surface area (Å²) in [6.45, 7) is 0.395. The Hall–Kier alpha value is -4.78. The van der Waals surface area contributed by atoms with Crippen LogP contribution in [-0.4, -0.2) is 18.0 Å². The van der Waals surface area contributed by atoms with Gasteiger partial charge in [-0.05, 0) is 17.2 Å². The molecule has 0 aliphatic rings. The molecule has 1 aromatic heterocycles. The molecule has 6 heteroatoms. The van der Waals surface area contributed by atoms with E-state index in [0.717, 1.165) is 45.0 Å². The third-order valence-corrected chi connectivity index (χ3v) is 7.82. The van der Waals surface area contributed by atoms with E-state index < -0.39 is 10.0 Å². The Balaban J connectivity index is 1.58. The van der Waals surface area contributed by atoms with Gasteiger partial charge in [-0.2, -0.15) is 0 Å². The summed E-state index contributed by atoms with van der Waals surface area (Å²) < 4.78 is 27.7. The van der Waals surface area contributed by atoms with Crippen LogP contribution in [0.3, 0.4) is 0 Å². The fraction of sp³-hybridized carbons (Fsp3) is 0.0294. The number of sulfonamides is 1. The summed E-state index contributed by atoms with van der Waals surface area (Å²) in [5.74, 6) is 0.794. The smallest absolute Gasteiger partial charge is 0.238 e. The van der Waals surface area contributed by atoms with E-state index in [1.165, 1.54) is 0 Å². The Kier molecular flexibility index (Phi) is 6.86. The van der Waals surface area contributed by atoms with Crippen molar-refractivity contribution in [2.45, 2.75) is 11.4 Å². The Labute approximate surface area is 234 Å². The lowest BCUT2D eigenvalue weighted by atomic mass is 10.0. The van der Waals surface area contributed by atoms with Crippen molar-refractivity contribution in [3.8, 4) is 45.0 Å². The summed E-state index contributed by atoms with van der Waals surface area (Å²) in [6, 6.07) is 45.2. The lowest BCUT2D eigenvalue weighted by molar-refractivity contribution is 0.598. The molecule has 0 saturated heterocycles. The second-order valence-corrected chi connectivity index (χ2v) is 11.1. The van der Waals surface area contributed by atoms with Crippen LogP contribution in [-0.2, 0) is 16.6 Å². The number of benzene rings is 5. The van der Waals surface area contributed by atoms with Gasteiger partial charge in [0.05, 0.1) is 16.3 Å². The third kappa shape index (κ3) is 5.10. The Bertz CT molecular complexity index is 1870. The number of imidazole rings is 1. The maximum Gasteiger partial charge on any atom is 0.238 e. The van der Waals surface area contributed by atoms with Crippen LogP contribution in [0.2, 0.25) is 0 Å². The molecule has 40 heavy (non-hydrogen) atoms. The standard InChI is InChI=1S/C34H27N3O2S/c35-40(38,39)31-23-25(21-22-30(31)26-13-5-1-6-14-26)24-37-33(28-17-9-3-10-18-28)32(27-15-7-2-8-16-27)36-34(37)29-19-11-4-12-20-29/h1-23H,24H2,(H2,35,38,39). The van der Waals surface area contributed by atoms with Gasteiger partial charge in [0.1, 0.15) is 5.82 Å². The molecule has 0 unspecified atom stereocenters. The topological polar surface area (TPSA) is 78.0 Å². The Morgan fingerprint density at radius 2 is 1.10 bits per heavy atom. The molecule has 6 rings (SSSR count). The first-order chi connectivity index (χ1) is 19.5. The first kappa shape index (κ1) is 25.5. The second kappa shape index (κ2) is 10.8. The minimum absolute atomic E-state index is 0.0992. The predicted octanol–water partition coefficient (Wildman–Crippen LogP) is 7.25. The van der Waals surface area contributed by atoms with Gasteiger partial charge in [0.25, 0.3) is 0 Å². The number of nitrogens with two attached hydrogens (primary N) is 1. The average Bonchev–Trinajstić information content (AvgIpc) is 3.37. The van der Waals surface area contributed by atoms with Gasteiger partial charge in [-0.1, -0.05) is 133 Å². The van der Waals surface area contributed by atoms with Crippen molar-refractivity contribution in [1.29, 1.82) is 0 Å². The van der Waals surface area contributed by atoms with E-state index in [1.807, 2.05) is 109 Å². The third-order valence-electron chi connectivity index (χ3n) is 6.87. The molecule has 6 aromatic rings. The number of nitrogens with zero attached hydrogens (tertiary/aromatic N) is 2. The summed E-state index contributed by atoms with van der Waals surface area (Å²) in [4.78, 5) is 5.28. The molecule has 0 aliphatic heterocycles. The molecule has 0 aliphatic carbocycles. The molecule has 0 atom stereocenters. The lowest BCUT2D eigenvalue weighted by Gasteiger charge is -2.16.